The van der Waals surface area contributed by atoms with Gasteiger partial charge < -0.3 is 35.4 Å². The van der Waals surface area contributed by atoms with Crippen molar-refractivity contribution >= 4 is 17.5 Å². The number of anilines is 1. The molecule has 2 aliphatic rings. The fraction of sp³-hybridized carbons (Fsp3) is 0.565. The van der Waals surface area contributed by atoms with E-state index in [1.807, 2.05) is 105 Å². The molecular weight excluding hydrogens is 761 g/mol. The van der Waals surface area contributed by atoms with E-state index in [1.165, 1.54) is 0 Å². The van der Waals surface area contributed by atoms with Crippen molar-refractivity contribution in [1.82, 2.24) is 20.6 Å². The average molecular weight is 827 g/mol. The fourth-order valence-electron chi connectivity index (χ4n) is 9.08. The van der Waals surface area contributed by atoms with Gasteiger partial charge >= 0.3 is 0 Å². The molecule has 0 bridgehead atoms. The molecule has 2 fully saturated rings. The van der Waals surface area contributed by atoms with Crippen molar-refractivity contribution in [2.75, 3.05) is 53.3 Å². The van der Waals surface area contributed by atoms with Crippen LogP contribution in [0.15, 0.2) is 71.8 Å². The number of benzene rings is 3. The molecule has 0 spiro atoms. The molecule has 326 valence electrons. The summed E-state index contributed by atoms with van der Waals surface area (Å²) in [6.45, 7) is 13.3. The average Bonchev–Trinajstić information content (AvgIpc) is 3.58. The van der Waals surface area contributed by atoms with Gasteiger partial charge in [0.1, 0.15) is 17.9 Å². The third-order valence-electron chi connectivity index (χ3n) is 13.4. The number of nitrogens with one attached hydrogen (secondary N) is 2. The Hall–Kier alpha value is -4.69. The van der Waals surface area contributed by atoms with Gasteiger partial charge in [0, 0.05) is 59.9 Å². The first kappa shape index (κ1) is 46.4. The lowest BCUT2D eigenvalue weighted by atomic mass is 9.58. The predicted octanol–water partition coefficient (Wildman–Crippen LogP) is 6.44. The summed E-state index contributed by atoms with van der Waals surface area (Å²) in [5.74, 6) is 0.183. The topological polar surface area (TPSA) is 176 Å². The van der Waals surface area contributed by atoms with E-state index < -0.39 is 36.3 Å². The molecule has 2 amide bonds. The van der Waals surface area contributed by atoms with Gasteiger partial charge in [-0.2, -0.15) is 5.06 Å². The number of nitrogens with zero attached hydrogens (tertiary/aromatic N) is 6. The van der Waals surface area contributed by atoms with Crippen LogP contribution in [0, 0.1) is 29.1 Å². The molecule has 1 saturated carbocycles. The monoisotopic (exact) mass is 827 g/mol. The number of rotatable bonds is 16. The third kappa shape index (κ3) is 10.2. The molecule has 4 N–H and O–H groups in total. The van der Waals surface area contributed by atoms with Crippen LogP contribution in [-0.2, 0) is 16.2 Å². The van der Waals surface area contributed by atoms with Gasteiger partial charge in [0.25, 0.3) is 5.91 Å². The fourth-order valence-corrected chi connectivity index (χ4v) is 9.08. The van der Waals surface area contributed by atoms with Crippen LogP contribution in [0.4, 0.5) is 5.69 Å². The Morgan fingerprint density at radius 2 is 1.75 bits per heavy atom. The number of azide groups is 1. The second kappa shape index (κ2) is 19.8. The number of likely N-dealkylation sites (N-methyl/N-ethyl adjacent to an activating group) is 1. The first-order chi connectivity index (χ1) is 28.4. The molecule has 14 heteroatoms. The molecule has 0 radical (unpaired) electrons. The van der Waals surface area contributed by atoms with Crippen LogP contribution in [0.2, 0.25) is 0 Å². The van der Waals surface area contributed by atoms with Crippen LogP contribution in [0.5, 0.6) is 5.75 Å². The first-order valence-corrected chi connectivity index (χ1v) is 21.0. The molecule has 5 rings (SSSR count). The summed E-state index contributed by atoms with van der Waals surface area (Å²) in [5, 5.41) is 34.4. The maximum absolute atomic E-state index is 14.5. The van der Waals surface area contributed by atoms with Gasteiger partial charge in [0.15, 0.2) is 0 Å². The van der Waals surface area contributed by atoms with Crippen molar-refractivity contribution in [2.24, 2.45) is 34.2 Å². The number of ether oxygens (including phenoxy) is 1. The van der Waals surface area contributed by atoms with Crippen molar-refractivity contribution in [2.45, 2.75) is 90.9 Å². The van der Waals surface area contributed by atoms with Crippen molar-refractivity contribution in [3.8, 4) is 16.9 Å². The van der Waals surface area contributed by atoms with Crippen LogP contribution in [-0.4, -0.2) is 111 Å². The number of hydrogen-bond acceptors (Lipinski definition) is 10. The molecular formula is C46H66N8O6. The van der Waals surface area contributed by atoms with Gasteiger partial charge in [-0.15, -0.1) is 0 Å². The van der Waals surface area contributed by atoms with Crippen molar-refractivity contribution in [3.05, 3.63) is 93.9 Å². The summed E-state index contributed by atoms with van der Waals surface area (Å²) >= 11 is 0. The Morgan fingerprint density at radius 1 is 1.05 bits per heavy atom. The Bertz CT molecular complexity index is 1990. The van der Waals surface area contributed by atoms with Crippen LogP contribution >= 0.6 is 0 Å². The minimum atomic E-state index is -0.956. The lowest BCUT2D eigenvalue weighted by Crippen LogP contribution is -2.56. The highest BCUT2D eigenvalue weighted by molar-refractivity contribution is 5.97. The lowest BCUT2D eigenvalue weighted by molar-refractivity contribution is -0.174. The summed E-state index contributed by atoms with van der Waals surface area (Å²) in [6, 6.07) is 19.0. The maximum atomic E-state index is 14.5. The zero-order valence-electron chi connectivity index (χ0n) is 37.2. The molecule has 1 heterocycles. The van der Waals surface area contributed by atoms with E-state index in [0.717, 1.165) is 17.7 Å². The van der Waals surface area contributed by atoms with E-state index in [0.29, 0.717) is 46.4 Å². The molecule has 1 aliphatic heterocycles. The summed E-state index contributed by atoms with van der Waals surface area (Å²) in [4.78, 5) is 41.9. The summed E-state index contributed by atoms with van der Waals surface area (Å²) in [5.41, 5.74) is 13.3. The van der Waals surface area contributed by atoms with Crippen LogP contribution in [0.1, 0.15) is 75.6 Å². The molecule has 3 aromatic rings. The standard InChI is InChI=1S/C46H66N8O6/c1-27-20-37(28(2)29(3)46(27,5)6)49-45(58)41-40(30(4)55)39(24-48-51-47)60-54(41)25-32-18-15-19-36(43(32)59-11)33-21-34(23-35(22-33)53(9)10)44(57)50-38(26-52(7)8)42(56)31-16-13-12-14-17-31/h12-19,21-23,27-30,37-42,55-56H,20,24-26H2,1-11H3,(H,49,58)(H,50,57)/t27-,28+,29+,30+,37+,38-,39+,40-,41+,42-/m1/s1. The Balaban J connectivity index is 1.49. The largest absolute Gasteiger partial charge is 0.496 e. The molecule has 0 unspecified atom stereocenters. The van der Waals surface area contributed by atoms with E-state index >= 15 is 0 Å². The second-order valence-corrected chi connectivity index (χ2v) is 18.0. The van der Waals surface area contributed by atoms with Crippen molar-refractivity contribution in [3.63, 3.8) is 0 Å². The summed E-state index contributed by atoms with van der Waals surface area (Å²) < 4.78 is 6.12. The quantitative estimate of drug-likeness (QED) is 0.0720. The first-order valence-electron chi connectivity index (χ1n) is 21.0. The lowest BCUT2D eigenvalue weighted by Gasteiger charge is -2.50. The number of para-hydroxylation sites is 1. The summed E-state index contributed by atoms with van der Waals surface area (Å²) in [6.07, 6.45) is -1.82. The zero-order chi connectivity index (χ0) is 44.1. The Kier molecular flexibility index (Phi) is 15.3. The molecule has 1 saturated heterocycles. The Morgan fingerprint density at radius 3 is 2.37 bits per heavy atom. The number of methoxy groups -OCH3 is 1. The molecule has 3 aromatic carbocycles. The maximum Gasteiger partial charge on any atom is 0.251 e. The number of amides is 2. The summed E-state index contributed by atoms with van der Waals surface area (Å²) in [7, 11) is 9.17. The number of carbonyl (C=O) groups is 2. The van der Waals surface area contributed by atoms with E-state index in [9.17, 15) is 25.3 Å². The third-order valence-corrected chi connectivity index (χ3v) is 13.4. The molecule has 10 atom stereocenters. The second-order valence-electron chi connectivity index (χ2n) is 18.0. The van der Waals surface area contributed by atoms with Gasteiger partial charge in [-0.3, -0.25) is 14.4 Å². The van der Waals surface area contributed by atoms with E-state index in [1.54, 1.807) is 19.1 Å². The smallest absolute Gasteiger partial charge is 0.251 e. The van der Waals surface area contributed by atoms with Gasteiger partial charge in [-0.1, -0.05) is 88.3 Å². The SMILES string of the molecule is COc1c(CN2O[C@@H](CN=[N+]=[N-])[C@@H]([C@H](C)O)[C@H]2C(=O)N[C@H]2C[C@@H](C)C(C)(C)[C@@H](C)[C@@H]2C)cccc1-c1cc(C(=O)N[C@H](CN(C)C)[C@H](O)c2ccccc2)cc(N(C)C)c1. The molecule has 0 aromatic heterocycles. The molecule has 60 heavy (non-hydrogen) atoms. The van der Waals surface area contributed by atoms with Crippen LogP contribution in [0.25, 0.3) is 21.6 Å². The molecule has 14 nitrogen and oxygen atoms in total. The van der Waals surface area contributed by atoms with Crippen molar-refractivity contribution in [1.29, 1.82) is 0 Å². The predicted molar refractivity (Wildman–Crippen MR) is 235 cm³/mol. The van der Waals surface area contributed by atoms with E-state index in [4.69, 9.17) is 9.57 Å². The van der Waals surface area contributed by atoms with Gasteiger partial charge in [-0.25, -0.2) is 0 Å². The van der Waals surface area contributed by atoms with Crippen molar-refractivity contribution < 1.29 is 29.4 Å². The Labute approximate surface area is 355 Å². The normalized spacial score (nSPS) is 25.5. The molecule has 1 aliphatic carbocycles. The van der Waals surface area contributed by atoms with E-state index in [-0.39, 0.29) is 42.3 Å². The van der Waals surface area contributed by atoms with Gasteiger partial charge in [-0.05, 0) is 85.5 Å². The zero-order valence-corrected chi connectivity index (χ0v) is 37.2. The minimum absolute atomic E-state index is 0.0639. The minimum Gasteiger partial charge on any atom is -0.496 e. The number of hydroxylamine groups is 2. The highest BCUT2D eigenvalue weighted by Gasteiger charge is 2.51. The number of hydrogen-bond donors (Lipinski definition) is 4. The highest BCUT2D eigenvalue weighted by atomic mass is 16.7. The van der Waals surface area contributed by atoms with Gasteiger partial charge in [0.2, 0.25) is 5.91 Å². The number of aliphatic hydroxyl groups is 2. The highest BCUT2D eigenvalue weighted by Crippen LogP contribution is 2.48. The van der Waals surface area contributed by atoms with E-state index in [2.05, 4.69) is 55.3 Å². The van der Waals surface area contributed by atoms with Crippen LogP contribution in [0.3, 0.4) is 0 Å². The number of aliphatic hydroxyl groups excluding tert-OH is 2. The van der Waals surface area contributed by atoms with Gasteiger partial charge in [0.05, 0.1) is 38.4 Å². The number of carbonyl (C=O) groups excluding carboxylic acids is 2. The van der Waals surface area contributed by atoms with Crippen LogP contribution < -0.4 is 20.3 Å².